The predicted octanol–water partition coefficient (Wildman–Crippen LogP) is -4.63. The Kier molecular flexibility index (Phi) is 24.5. The maximum absolute atomic E-state index is 13.5. The van der Waals surface area contributed by atoms with Crippen LogP contribution in [0.25, 0.3) is 0 Å². The highest BCUT2D eigenvalue weighted by Gasteiger charge is 2.34. The normalized spacial score (nSPS) is 17.3. The standard InChI is InChI=1S/C36H59N9O15S2/c1-16(2)12-22(42-28(51)17(3)38-29(52)19-6-5-11-37-19)32(55)45-24(14-61)34(57)41-21(8-10-27(49)50)31(54)44-25(15-62)35(58)43-23(13-46)33(56)40-20(7-9-26(47)48)30(53)39-18(4)36(59)60/h16-25,37,46,61-62H,5-15H2,1-4H3,(H,38,52)(H,39,53)(H,40,56)(H,41,57)(H,42,51)(H,43,58)(H,44,54)(H,45,55)(H,47,48)(H,49,50)(H,59,60)/t17-,18-,19-,20-,21-,22-,23-,24-,25-/m0/s1. The maximum Gasteiger partial charge on any atom is 0.325 e. The van der Waals surface area contributed by atoms with E-state index in [1.165, 1.54) is 6.92 Å². The van der Waals surface area contributed by atoms with E-state index >= 15 is 0 Å². The first kappa shape index (κ1) is 54.8. The number of carbonyl (C=O) groups excluding carboxylic acids is 8. The fourth-order valence-electron chi connectivity index (χ4n) is 5.68. The number of aliphatic hydroxyl groups is 1. The largest absolute Gasteiger partial charge is 0.481 e. The predicted molar refractivity (Wildman–Crippen MR) is 223 cm³/mol. The number of carboxylic acids is 3. The van der Waals surface area contributed by atoms with Gasteiger partial charge in [-0.2, -0.15) is 25.3 Å². The highest BCUT2D eigenvalue weighted by molar-refractivity contribution is 7.80. The van der Waals surface area contributed by atoms with Crippen LogP contribution in [0.2, 0.25) is 0 Å². The van der Waals surface area contributed by atoms with Crippen molar-refractivity contribution in [1.82, 2.24) is 47.9 Å². The summed E-state index contributed by atoms with van der Waals surface area (Å²) in [7, 11) is 0. The summed E-state index contributed by atoms with van der Waals surface area (Å²) in [5.74, 6) is -12.4. The summed E-state index contributed by atoms with van der Waals surface area (Å²) in [6, 6.07) is -12.2. The number of nitrogens with one attached hydrogen (secondary N) is 9. The van der Waals surface area contributed by atoms with Crippen LogP contribution in [0.4, 0.5) is 0 Å². The second-order valence-corrected chi connectivity index (χ2v) is 15.6. The van der Waals surface area contributed by atoms with Gasteiger partial charge in [-0.15, -0.1) is 0 Å². The summed E-state index contributed by atoms with van der Waals surface area (Å²) < 4.78 is 0. The zero-order valence-corrected chi connectivity index (χ0v) is 36.5. The molecule has 0 aromatic heterocycles. The van der Waals surface area contributed by atoms with Crippen molar-refractivity contribution >= 4 is 90.4 Å². The Morgan fingerprint density at radius 3 is 1.35 bits per heavy atom. The number of thiol groups is 2. The molecule has 62 heavy (non-hydrogen) atoms. The molecule has 1 rings (SSSR count). The van der Waals surface area contributed by atoms with Crippen molar-refractivity contribution in [2.45, 2.75) is 127 Å². The van der Waals surface area contributed by atoms with Gasteiger partial charge in [0.2, 0.25) is 47.3 Å². The van der Waals surface area contributed by atoms with Crippen LogP contribution in [0.15, 0.2) is 0 Å². The lowest BCUT2D eigenvalue weighted by atomic mass is 10.0. The third-order valence-electron chi connectivity index (χ3n) is 9.20. The van der Waals surface area contributed by atoms with Crippen molar-refractivity contribution < 1.29 is 73.2 Å². The molecule has 0 bridgehead atoms. The van der Waals surface area contributed by atoms with Gasteiger partial charge in [0.1, 0.15) is 48.3 Å². The lowest BCUT2D eigenvalue weighted by Crippen LogP contribution is -2.61. The first-order valence-corrected chi connectivity index (χ1v) is 21.0. The van der Waals surface area contributed by atoms with E-state index in [1.54, 1.807) is 13.8 Å². The van der Waals surface area contributed by atoms with Gasteiger partial charge >= 0.3 is 17.9 Å². The Bertz CT molecular complexity index is 1630. The molecule has 0 spiro atoms. The van der Waals surface area contributed by atoms with E-state index < -0.39 is 152 Å². The summed E-state index contributed by atoms with van der Waals surface area (Å²) in [5, 5.41) is 59.0. The molecule has 0 unspecified atom stereocenters. The van der Waals surface area contributed by atoms with Crippen LogP contribution >= 0.6 is 25.3 Å². The van der Waals surface area contributed by atoms with E-state index in [0.29, 0.717) is 13.0 Å². The Hall–Kier alpha value is -5.21. The van der Waals surface area contributed by atoms with Gasteiger partial charge in [0.25, 0.3) is 0 Å². The monoisotopic (exact) mass is 921 g/mol. The van der Waals surface area contributed by atoms with Crippen LogP contribution in [-0.2, 0) is 52.7 Å². The molecule has 9 atom stereocenters. The van der Waals surface area contributed by atoms with E-state index in [0.717, 1.165) is 13.3 Å². The average Bonchev–Trinajstić information content (AvgIpc) is 3.75. The van der Waals surface area contributed by atoms with Gasteiger partial charge in [-0.05, 0) is 58.4 Å². The molecule has 1 aliphatic heterocycles. The molecule has 24 nitrogen and oxygen atoms in total. The molecule has 0 aromatic carbocycles. The molecule has 350 valence electrons. The molecule has 13 N–H and O–H groups in total. The van der Waals surface area contributed by atoms with E-state index in [-0.39, 0.29) is 24.0 Å². The Morgan fingerprint density at radius 1 is 0.548 bits per heavy atom. The molecule has 0 aliphatic carbocycles. The molecule has 0 saturated carbocycles. The molecule has 26 heteroatoms. The minimum atomic E-state index is -1.80. The van der Waals surface area contributed by atoms with Gasteiger partial charge in [0.15, 0.2) is 0 Å². The van der Waals surface area contributed by atoms with Gasteiger partial charge in [0, 0.05) is 24.3 Å². The quantitative estimate of drug-likeness (QED) is 0.0328. The van der Waals surface area contributed by atoms with Crippen molar-refractivity contribution in [1.29, 1.82) is 0 Å². The Labute approximate surface area is 368 Å². The number of carbonyl (C=O) groups is 11. The molecule has 8 amide bonds. The lowest BCUT2D eigenvalue weighted by molar-refractivity contribution is -0.142. The van der Waals surface area contributed by atoms with Crippen LogP contribution in [0.1, 0.15) is 72.6 Å². The zero-order chi connectivity index (χ0) is 47.3. The molecule has 1 aliphatic rings. The fourth-order valence-corrected chi connectivity index (χ4v) is 6.19. The fraction of sp³-hybridized carbons (Fsp3) is 0.694. The van der Waals surface area contributed by atoms with Crippen molar-refractivity contribution in [2.24, 2.45) is 5.92 Å². The number of carboxylic acid groups (broad SMARTS) is 3. The van der Waals surface area contributed by atoms with Crippen LogP contribution in [0.3, 0.4) is 0 Å². The van der Waals surface area contributed by atoms with Gasteiger partial charge < -0.3 is 68.3 Å². The first-order valence-electron chi connectivity index (χ1n) is 19.7. The highest BCUT2D eigenvalue weighted by atomic mass is 32.1. The van der Waals surface area contributed by atoms with E-state index in [9.17, 15) is 63.0 Å². The maximum atomic E-state index is 13.5. The number of hydrogen-bond acceptors (Lipinski definition) is 15. The number of hydrogen-bond donors (Lipinski definition) is 15. The molecular formula is C36H59N9O15S2. The Morgan fingerprint density at radius 2 is 0.952 bits per heavy atom. The number of aliphatic carboxylic acids is 3. The van der Waals surface area contributed by atoms with E-state index in [1.807, 2.05) is 0 Å². The molecule has 1 fully saturated rings. The minimum absolute atomic E-state index is 0.117. The second-order valence-electron chi connectivity index (χ2n) is 14.9. The molecular weight excluding hydrogens is 863 g/mol. The van der Waals surface area contributed by atoms with Gasteiger partial charge in [-0.25, -0.2) is 0 Å². The summed E-state index contributed by atoms with van der Waals surface area (Å²) in [6.07, 6.45) is -0.799. The molecule has 0 aromatic rings. The average molecular weight is 922 g/mol. The summed E-state index contributed by atoms with van der Waals surface area (Å²) >= 11 is 8.19. The third-order valence-corrected chi connectivity index (χ3v) is 9.93. The highest BCUT2D eigenvalue weighted by Crippen LogP contribution is 2.09. The van der Waals surface area contributed by atoms with Crippen molar-refractivity contribution in [3.8, 4) is 0 Å². The van der Waals surface area contributed by atoms with Gasteiger partial charge in [-0.1, -0.05) is 13.8 Å². The van der Waals surface area contributed by atoms with Crippen molar-refractivity contribution in [3.05, 3.63) is 0 Å². The number of rotatable bonds is 28. The van der Waals surface area contributed by atoms with E-state index in [4.69, 9.17) is 10.2 Å². The molecule has 0 radical (unpaired) electrons. The summed E-state index contributed by atoms with van der Waals surface area (Å²) in [6.45, 7) is 5.70. The molecule has 1 heterocycles. The zero-order valence-electron chi connectivity index (χ0n) is 34.7. The summed E-state index contributed by atoms with van der Waals surface area (Å²) in [4.78, 5) is 139. The Balaban J connectivity index is 3.10. The number of aliphatic hydroxyl groups excluding tert-OH is 1. The van der Waals surface area contributed by atoms with Crippen molar-refractivity contribution in [3.63, 3.8) is 0 Å². The first-order chi connectivity index (χ1) is 29.0. The topological polar surface area (TPSA) is 377 Å². The minimum Gasteiger partial charge on any atom is -0.481 e. The lowest BCUT2D eigenvalue weighted by Gasteiger charge is -2.27. The van der Waals surface area contributed by atoms with Gasteiger partial charge in [-0.3, -0.25) is 52.7 Å². The van der Waals surface area contributed by atoms with Gasteiger partial charge in [0.05, 0.1) is 12.6 Å². The van der Waals surface area contributed by atoms with Crippen LogP contribution in [0.5, 0.6) is 0 Å². The van der Waals surface area contributed by atoms with Crippen LogP contribution < -0.4 is 47.9 Å². The second kappa shape index (κ2) is 27.7. The third kappa shape index (κ3) is 19.7. The van der Waals surface area contributed by atoms with Crippen LogP contribution in [0, 0.1) is 5.92 Å². The van der Waals surface area contributed by atoms with E-state index in [2.05, 4.69) is 73.1 Å². The smallest absolute Gasteiger partial charge is 0.325 e. The SMILES string of the molecule is CC(C)C[C@H](NC(=O)[C@H](C)NC(=O)[C@@H]1CCCN1)C(=O)N[C@@H](CS)C(=O)N[C@@H](CCC(=O)O)C(=O)N[C@@H](CS)C(=O)N[C@@H](CO)C(=O)N[C@@H](CCC(=O)O)C(=O)N[C@@H](C)C(=O)O. The summed E-state index contributed by atoms with van der Waals surface area (Å²) in [5.41, 5.74) is 0. The number of amides is 8. The molecule has 1 saturated heterocycles. The van der Waals surface area contributed by atoms with Crippen molar-refractivity contribution in [2.75, 3.05) is 24.7 Å². The van der Waals surface area contributed by atoms with Crippen LogP contribution in [-0.4, -0.2) is 165 Å².